The van der Waals surface area contributed by atoms with Crippen LogP contribution in [0.25, 0.3) is 0 Å². The van der Waals surface area contributed by atoms with Crippen molar-refractivity contribution in [2.24, 2.45) is 0 Å². The monoisotopic (exact) mass is 352 g/mol. The van der Waals surface area contributed by atoms with Gasteiger partial charge in [-0.05, 0) is 36.3 Å². The molecular weight excluding hydrogens is 328 g/mol. The van der Waals surface area contributed by atoms with E-state index in [-0.39, 0.29) is 32.7 Å². The molecule has 0 fully saturated rings. The van der Waals surface area contributed by atoms with Crippen molar-refractivity contribution in [3.8, 4) is 0 Å². The Morgan fingerprint density at radius 3 is 1.67 bits per heavy atom. The first-order valence-electron chi connectivity index (χ1n) is 7.56. The molecule has 0 bridgehead atoms. The summed E-state index contributed by atoms with van der Waals surface area (Å²) in [5, 5.41) is 0. The summed E-state index contributed by atoms with van der Waals surface area (Å²) in [5.41, 5.74) is 5.52. The van der Waals surface area contributed by atoms with Crippen LogP contribution in [0, 0.1) is 6.92 Å². The molecule has 0 spiro atoms. The van der Waals surface area contributed by atoms with Gasteiger partial charge < -0.3 is 0 Å². The summed E-state index contributed by atoms with van der Waals surface area (Å²) in [6, 6.07) is 17.9. The fourth-order valence-corrected chi connectivity index (χ4v) is 2.71. The zero-order chi connectivity index (χ0) is 14.5. The molecular formula is C19H24BY. The predicted molar refractivity (Wildman–Crippen MR) is 90.3 cm³/mol. The summed E-state index contributed by atoms with van der Waals surface area (Å²) in [6.45, 7) is 8.88. The van der Waals surface area contributed by atoms with Crippen LogP contribution in [-0.2, 0) is 32.7 Å². The van der Waals surface area contributed by atoms with Crippen LogP contribution in [0.2, 0.25) is 6.82 Å². The summed E-state index contributed by atoms with van der Waals surface area (Å²) >= 11 is 0. The Hall–Kier alpha value is -0.391. The second kappa shape index (κ2) is 8.91. The topological polar surface area (TPSA) is 0 Å². The minimum absolute atomic E-state index is 0. The van der Waals surface area contributed by atoms with Crippen LogP contribution in [0.4, 0.5) is 0 Å². The van der Waals surface area contributed by atoms with Gasteiger partial charge in [0.1, 0.15) is 7.28 Å². The fraction of sp³-hybridized carbons (Fsp3) is 0.368. The smallest absolute Gasteiger partial charge is 0.0881 e. The van der Waals surface area contributed by atoms with Gasteiger partial charge in [0, 0.05) is 32.7 Å². The molecule has 21 heavy (non-hydrogen) atoms. The summed E-state index contributed by atoms with van der Waals surface area (Å²) in [7, 11) is 2.14. The maximum Gasteiger partial charge on any atom is 0.148 e. The molecule has 0 aliphatic rings. The average Bonchev–Trinajstić information content (AvgIpc) is 2.48. The van der Waals surface area contributed by atoms with Gasteiger partial charge in [-0.25, -0.2) is 0 Å². The molecule has 0 saturated carbocycles. The van der Waals surface area contributed by atoms with Crippen LogP contribution in [-0.4, -0.2) is 7.28 Å². The van der Waals surface area contributed by atoms with E-state index in [4.69, 9.17) is 0 Å². The zero-order valence-corrected chi connectivity index (χ0v) is 16.5. The van der Waals surface area contributed by atoms with Crippen LogP contribution in [0.1, 0.15) is 48.8 Å². The quantitative estimate of drug-likeness (QED) is 0.687. The number of hydrogen-bond donors (Lipinski definition) is 0. The normalized spacial score (nSPS) is 13.1. The number of benzene rings is 2. The van der Waals surface area contributed by atoms with Crippen molar-refractivity contribution < 1.29 is 32.7 Å². The van der Waals surface area contributed by atoms with E-state index in [9.17, 15) is 0 Å². The number of aryl methyl sites for hydroxylation is 1. The van der Waals surface area contributed by atoms with Crippen molar-refractivity contribution in [2.45, 2.75) is 45.9 Å². The standard InChI is InChI=1S/C19H24B.Y/c1-14-5-7-17(8-6-14)15(2)13-16(3)18-9-11-19(20-4)12-10-18;/h5-12,15-16H,13H2,1-4H3;. The van der Waals surface area contributed by atoms with E-state index in [1.165, 1.54) is 28.6 Å². The summed E-state index contributed by atoms with van der Waals surface area (Å²) in [6.07, 6.45) is 1.19. The molecule has 106 valence electrons. The fourth-order valence-electron chi connectivity index (χ4n) is 2.71. The number of rotatable bonds is 5. The molecule has 2 unspecified atom stereocenters. The molecule has 0 N–H and O–H groups in total. The van der Waals surface area contributed by atoms with E-state index < -0.39 is 0 Å². The molecule has 0 aromatic heterocycles. The second-order valence-corrected chi connectivity index (χ2v) is 5.90. The molecule has 2 heteroatoms. The van der Waals surface area contributed by atoms with Crippen molar-refractivity contribution in [2.75, 3.05) is 0 Å². The Labute approximate surface area is 155 Å². The van der Waals surface area contributed by atoms with Crippen LogP contribution in [0.15, 0.2) is 48.5 Å². The van der Waals surface area contributed by atoms with E-state index in [0.29, 0.717) is 11.8 Å². The molecule has 2 aromatic rings. The van der Waals surface area contributed by atoms with E-state index >= 15 is 0 Å². The largest absolute Gasteiger partial charge is 0.148 e. The summed E-state index contributed by atoms with van der Waals surface area (Å²) in [4.78, 5) is 0. The van der Waals surface area contributed by atoms with Crippen molar-refractivity contribution >= 4 is 12.7 Å². The average molecular weight is 352 g/mol. The number of hydrogen-bond acceptors (Lipinski definition) is 0. The van der Waals surface area contributed by atoms with E-state index in [1.807, 2.05) is 0 Å². The Bertz CT molecular complexity index is 530. The maximum atomic E-state index is 2.33. The van der Waals surface area contributed by atoms with Crippen molar-refractivity contribution in [3.63, 3.8) is 0 Å². The van der Waals surface area contributed by atoms with Gasteiger partial charge in [-0.2, -0.15) is 0 Å². The van der Waals surface area contributed by atoms with Gasteiger partial charge in [0.25, 0.3) is 0 Å². The first kappa shape index (κ1) is 18.7. The second-order valence-electron chi connectivity index (χ2n) is 5.90. The first-order chi connectivity index (χ1) is 9.60. The maximum absolute atomic E-state index is 2.33. The molecule has 0 amide bonds. The molecule has 2 atom stereocenters. The van der Waals surface area contributed by atoms with Crippen LogP contribution < -0.4 is 5.46 Å². The van der Waals surface area contributed by atoms with E-state index in [1.54, 1.807) is 0 Å². The zero-order valence-electron chi connectivity index (χ0n) is 13.6. The van der Waals surface area contributed by atoms with Crippen molar-refractivity contribution in [1.82, 2.24) is 0 Å². The van der Waals surface area contributed by atoms with Crippen molar-refractivity contribution in [1.29, 1.82) is 0 Å². The van der Waals surface area contributed by atoms with Gasteiger partial charge in [-0.1, -0.05) is 80.2 Å². The third-order valence-electron chi connectivity index (χ3n) is 4.19. The molecule has 2 aromatic carbocycles. The van der Waals surface area contributed by atoms with Gasteiger partial charge in [0.2, 0.25) is 0 Å². The Morgan fingerprint density at radius 1 is 0.810 bits per heavy atom. The first-order valence-corrected chi connectivity index (χ1v) is 7.56. The molecule has 2 radical (unpaired) electrons. The summed E-state index contributed by atoms with van der Waals surface area (Å²) in [5.74, 6) is 1.19. The van der Waals surface area contributed by atoms with Crippen LogP contribution in [0.5, 0.6) is 0 Å². The third kappa shape index (κ3) is 5.38. The molecule has 2 rings (SSSR count). The van der Waals surface area contributed by atoms with Crippen LogP contribution >= 0.6 is 0 Å². The minimum Gasteiger partial charge on any atom is -0.0881 e. The van der Waals surface area contributed by atoms with E-state index in [0.717, 1.165) is 0 Å². The van der Waals surface area contributed by atoms with Gasteiger partial charge in [-0.3, -0.25) is 0 Å². The van der Waals surface area contributed by atoms with E-state index in [2.05, 4.69) is 83.4 Å². The molecule has 0 heterocycles. The minimum atomic E-state index is 0. The third-order valence-corrected chi connectivity index (χ3v) is 4.19. The van der Waals surface area contributed by atoms with Gasteiger partial charge >= 0.3 is 0 Å². The Balaban J connectivity index is 0.00000220. The predicted octanol–water partition coefficient (Wildman–Crippen LogP) is 4.67. The van der Waals surface area contributed by atoms with Gasteiger partial charge in [0.05, 0.1) is 0 Å². The SMILES string of the molecule is C[B]c1ccc(C(C)CC(C)c2ccc(C)cc2)cc1.[Y]. The molecule has 0 aliphatic carbocycles. The Morgan fingerprint density at radius 2 is 1.24 bits per heavy atom. The summed E-state index contributed by atoms with van der Waals surface area (Å²) < 4.78 is 0. The van der Waals surface area contributed by atoms with Gasteiger partial charge in [-0.15, -0.1) is 0 Å². The van der Waals surface area contributed by atoms with Crippen molar-refractivity contribution in [3.05, 3.63) is 65.2 Å². The Kier molecular flexibility index (Phi) is 7.91. The van der Waals surface area contributed by atoms with Crippen LogP contribution in [0.3, 0.4) is 0 Å². The molecule has 0 saturated heterocycles. The van der Waals surface area contributed by atoms with Gasteiger partial charge in [0.15, 0.2) is 0 Å². The molecule has 0 nitrogen and oxygen atoms in total. The molecule has 0 aliphatic heterocycles.